The van der Waals surface area contributed by atoms with Crippen LogP contribution in [-0.4, -0.2) is 5.25 Å². The molecule has 1 nitrogen and oxygen atoms in total. The van der Waals surface area contributed by atoms with Crippen LogP contribution in [-0.2, 0) is 0 Å². The van der Waals surface area contributed by atoms with Crippen molar-refractivity contribution in [1.29, 1.82) is 0 Å². The van der Waals surface area contributed by atoms with Crippen LogP contribution in [0.2, 0.25) is 0 Å². The Morgan fingerprint density at radius 2 is 2.42 bits per heavy atom. The molecule has 2 heteroatoms. The summed E-state index contributed by atoms with van der Waals surface area (Å²) >= 11 is 2.04. The zero-order valence-corrected chi connectivity index (χ0v) is 7.46. The van der Waals surface area contributed by atoms with E-state index in [0.717, 1.165) is 16.9 Å². The van der Waals surface area contributed by atoms with Gasteiger partial charge in [-0.25, -0.2) is 0 Å². The van der Waals surface area contributed by atoms with E-state index in [1.165, 1.54) is 6.42 Å². The first-order valence-electron chi connectivity index (χ1n) is 4.31. The highest BCUT2D eigenvalue weighted by Gasteiger charge is 2.38. The number of rotatable bonds is 1. The van der Waals surface area contributed by atoms with E-state index in [-0.39, 0.29) is 0 Å². The van der Waals surface area contributed by atoms with Crippen LogP contribution in [0.15, 0.2) is 35.0 Å². The van der Waals surface area contributed by atoms with Crippen LogP contribution in [0.3, 0.4) is 0 Å². The molecule has 0 aromatic carbocycles. The minimum absolute atomic E-state index is 0.593. The third-order valence-corrected chi connectivity index (χ3v) is 4.19. The fraction of sp³-hybridized carbons (Fsp3) is 0.400. The Kier molecular flexibility index (Phi) is 1.38. The average molecular weight is 178 g/mol. The Bertz CT molecular complexity index is 302. The fourth-order valence-corrected chi connectivity index (χ4v) is 3.60. The van der Waals surface area contributed by atoms with E-state index >= 15 is 0 Å². The molecule has 2 heterocycles. The Morgan fingerprint density at radius 1 is 1.42 bits per heavy atom. The second-order valence-electron chi connectivity index (χ2n) is 3.40. The molecule has 0 saturated carbocycles. The quantitative estimate of drug-likeness (QED) is 0.613. The second kappa shape index (κ2) is 2.43. The summed E-state index contributed by atoms with van der Waals surface area (Å²) in [6.45, 7) is 0. The molecule has 62 valence electrons. The van der Waals surface area contributed by atoms with Crippen LogP contribution in [0.4, 0.5) is 0 Å². The minimum atomic E-state index is 0.593. The highest BCUT2D eigenvalue weighted by molar-refractivity contribution is 8.00. The van der Waals surface area contributed by atoms with Crippen molar-refractivity contribution in [2.75, 3.05) is 0 Å². The normalized spacial score (nSPS) is 37.8. The van der Waals surface area contributed by atoms with Gasteiger partial charge in [-0.15, -0.1) is 11.8 Å². The lowest BCUT2D eigenvalue weighted by molar-refractivity contribution is 0.476. The molecule has 2 bridgehead atoms. The summed E-state index contributed by atoms with van der Waals surface area (Å²) in [7, 11) is 0. The maximum absolute atomic E-state index is 5.42. The Labute approximate surface area is 75.8 Å². The first-order chi connectivity index (χ1) is 5.93. The van der Waals surface area contributed by atoms with E-state index in [0.29, 0.717) is 5.25 Å². The van der Waals surface area contributed by atoms with Gasteiger partial charge in [-0.05, 0) is 24.5 Å². The van der Waals surface area contributed by atoms with Crippen molar-refractivity contribution in [3.63, 3.8) is 0 Å². The summed E-state index contributed by atoms with van der Waals surface area (Å²) in [5, 5.41) is 1.35. The fourth-order valence-electron chi connectivity index (χ4n) is 2.04. The summed E-state index contributed by atoms with van der Waals surface area (Å²) < 4.78 is 5.42. The average Bonchev–Trinajstić information content (AvgIpc) is 2.81. The smallest absolute Gasteiger partial charge is 0.117 e. The lowest BCUT2D eigenvalue weighted by Crippen LogP contribution is -1.99. The van der Waals surface area contributed by atoms with Gasteiger partial charge in [0.2, 0.25) is 0 Å². The minimum Gasteiger partial charge on any atom is -0.468 e. The van der Waals surface area contributed by atoms with E-state index in [9.17, 15) is 0 Å². The third-order valence-electron chi connectivity index (χ3n) is 2.61. The van der Waals surface area contributed by atoms with Crippen molar-refractivity contribution >= 4 is 11.8 Å². The lowest BCUT2D eigenvalue weighted by atomic mass is 10.0. The van der Waals surface area contributed by atoms with Gasteiger partial charge in [-0.1, -0.05) is 12.2 Å². The third kappa shape index (κ3) is 0.876. The van der Waals surface area contributed by atoms with Gasteiger partial charge in [0.15, 0.2) is 0 Å². The van der Waals surface area contributed by atoms with Crippen LogP contribution in [0.25, 0.3) is 0 Å². The van der Waals surface area contributed by atoms with Gasteiger partial charge in [0.25, 0.3) is 0 Å². The number of fused-ring (bicyclic) bond motifs is 2. The first kappa shape index (κ1) is 6.84. The molecule has 2 aliphatic rings. The monoisotopic (exact) mass is 178 g/mol. The molecule has 1 aromatic rings. The Hall–Kier alpha value is -0.630. The van der Waals surface area contributed by atoms with Crippen molar-refractivity contribution in [3.8, 4) is 0 Å². The maximum atomic E-state index is 5.42. The summed E-state index contributed by atoms with van der Waals surface area (Å²) in [4.78, 5) is 0. The highest BCUT2D eigenvalue weighted by atomic mass is 32.2. The number of thioether (sulfide) groups is 1. The van der Waals surface area contributed by atoms with Gasteiger partial charge >= 0.3 is 0 Å². The molecule has 12 heavy (non-hydrogen) atoms. The topological polar surface area (TPSA) is 13.1 Å². The predicted molar refractivity (Wildman–Crippen MR) is 50.1 cm³/mol. The lowest BCUT2D eigenvalue weighted by Gasteiger charge is -2.14. The molecule has 3 atom stereocenters. The van der Waals surface area contributed by atoms with Crippen molar-refractivity contribution in [2.24, 2.45) is 5.92 Å². The molecule has 0 spiro atoms. The van der Waals surface area contributed by atoms with Gasteiger partial charge in [0.05, 0.1) is 11.5 Å². The van der Waals surface area contributed by atoms with Gasteiger partial charge in [-0.2, -0.15) is 0 Å². The number of allylic oxidation sites excluding steroid dienone is 1. The molecular weight excluding hydrogens is 168 g/mol. The molecule has 1 aliphatic heterocycles. The van der Waals surface area contributed by atoms with E-state index in [4.69, 9.17) is 4.42 Å². The van der Waals surface area contributed by atoms with Gasteiger partial charge in [-0.3, -0.25) is 0 Å². The van der Waals surface area contributed by atoms with E-state index in [2.05, 4.69) is 18.2 Å². The summed E-state index contributed by atoms with van der Waals surface area (Å²) in [6, 6.07) is 4.07. The molecule has 0 amide bonds. The van der Waals surface area contributed by atoms with E-state index in [1.54, 1.807) is 6.26 Å². The van der Waals surface area contributed by atoms with Crippen molar-refractivity contribution in [2.45, 2.75) is 16.9 Å². The zero-order chi connectivity index (χ0) is 7.97. The van der Waals surface area contributed by atoms with Crippen LogP contribution < -0.4 is 0 Å². The number of hydrogen-bond donors (Lipinski definition) is 0. The van der Waals surface area contributed by atoms with Crippen molar-refractivity contribution in [3.05, 3.63) is 36.3 Å². The molecule has 1 aliphatic carbocycles. The molecule has 1 aromatic heterocycles. The molecule has 0 radical (unpaired) electrons. The van der Waals surface area contributed by atoms with Gasteiger partial charge in [0.1, 0.15) is 5.76 Å². The summed E-state index contributed by atoms with van der Waals surface area (Å²) in [5.74, 6) is 1.88. The van der Waals surface area contributed by atoms with E-state index in [1.807, 2.05) is 17.8 Å². The van der Waals surface area contributed by atoms with Crippen LogP contribution in [0, 0.1) is 5.92 Å². The highest BCUT2D eigenvalue weighted by Crippen LogP contribution is 2.53. The SMILES string of the molecule is C1=C[C@H]2C[C@@H]1[C@@H](c1ccco1)S2. The summed E-state index contributed by atoms with van der Waals surface area (Å²) in [6.07, 6.45) is 7.75. The largest absolute Gasteiger partial charge is 0.468 e. The number of furan rings is 1. The molecule has 1 saturated heterocycles. The molecule has 3 rings (SSSR count). The second-order valence-corrected chi connectivity index (χ2v) is 4.78. The Balaban J connectivity index is 1.92. The van der Waals surface area contributed by atoms with Crippen molar-refractivity contribution < 1.29 is 4.42 Å². The van der Waals surface area contributed by atoms with Crippen LogP contribution in [0.1, 0.15) is 17.4 Å². The van der Waals surface area contributed by atoms with Gasteiger partial charge in [0, 0.05) is 5.25 Å². The van der Waals surface area contributed by atoms with E-state index < -0.39 is 0 Å². The van der Waals surface area contributed by atoms with Crippen LogP contribution in [0.5, 0.6) is 0 Å². The molecular formula is C10H10OS. The van der Waals surface area contributed by atoms with Crippen LogP contribution >= 0.6 is 11.8 Å². The van der Waals surface area contributed by atoms with Crippen molar-refractivity contribution in [1.82, 2.24) is 0 Å². The van der Waals surface area contributed by atoms with Gasteiger partial charge < -0.3 is 4.42 Å². The molecule has 0 unspecified atom stereocenters. The first-order valence-corrected chi connectivity index (χ1v) is 5.25. The molecule has 0 N–H and O–H groups in total. The number of hydrogen-bond acceptors (Lipinski definition) is 2. The summed E-state index contributed by atoms with van der Waals surface area (Å²) in [5.41, 5.74) is 0. The molecule has 1 fully saturated rings. The maximum Gasteiger partial charge on any atom is 0.117 e. The standard InChI is InChI=1S/C10H10OS/c1-2-9(11-5-1)10-7-3-4-8(6-7)12-10/h1-5,7-8,10H,6H2/t7-,8+,10+/m1/s1. The zero-order valence-electron chi connectivity index (χ0n) is 6.64. The Morgan fingerprint density at radius 3 is 3.00 bits per heavy atom. The predicted octanol–water partition coefficient (Wildman–Crippen LogP) is 3.01.